The van der Waals surface area contributed by atoms with Gasteiger partial charge < -0.3 is 20.7 Å². The summed E-state index contributed by atoms with van der Waals surface area (Å²) in [6.45, 7) is 4.15. The molecule has 5 nitrogen and oxygen atoms in total. The molecule has 0 aromatic rings. The zero-order valence-electron chi connectivity index (χ0n) is 12.6. The molecule has 5 heteroatoms. The number of nitrogens with one attached hydrogen (secondary N) is 1. The Kier molecular flexibility index (Phi) is 6.75. The van der Waals surface area contributed by atoms with Crippen molar-refractivity contribution in [3.63, 3.8) is 0 Å². The van der Waals surface area contributed by atoms with Crippen molar-refractivity contribution in [3.8, 4) is 0 Å². The molecule has 1 aliphatic carbocycles. The highest BCUT2D eigenvalue weighted by atomic mass is 16.5. The molecular formula is C14H29N3O2. The lowest BCUT2D eigenvalue weighted by Crippen LogP contribution is -2.53. The third-order valence-corrected chi connectivity index (χ3v) is 3.74. The normalized spacial score (nSPS) is 19.6. The van der Waals surface area contributed by atoms with Gasteiger partial charge in [0, 0.05) is 19.7 Å². The largest absolute Gasteiger partial charge is 0.377 e. The fraction of sp³-hybridized carbons (Fsp3) is 0.929. The fourth-order valence-electron chi connectivity index (χ4n) is 2.50. The summed E-state index contributed by atoms with van der Waals surface area (Å²) in [5, 5.41) is 2.97. The highest BCUT2D eigenvalue weighted by Crippen LogP contribution is 2.27. The highest BCUT2D eigenvalue weighted by Gasteiger charge is 2.36. The van der Waals surface area contributed by atoms with E-state index in [-0.39, 0.29) is 12.0 Å². The third kappa shape index (κ3) is 5.47. The number of ether oxygens (including phenoxy) is 1. The molecule has 1 atom stereocenters. The zero-order valence-corrected chi connectivity index (χ0v) is 12.6. The number of nitrogens with zero attached hydrogens (tertiary/aromatic N) is 1. The van der Waals surface area contributed by atoms with Crippen molar-refractivity contribution in [1.82, 2.24) is 10.2 Å². The van der Waals surface area contributed by atoms with E-state index in [4.69, 9.17) is 10.5 Å². The van der Waals surface area contributed by atoms with Gasteiger partial charge in [-0.25, -0.2) is 0 Å². The lowest BCUT2D eigenvalue weighted by molar-refractivity contribution is -0.126. The van der Waals surface area contributed by atoms with E-state index < -0.39 is 5.54 Å². The topological polar surface area (TPSA) is 67.6 Å². The smallest absolute Gasteiger partial charge is 0.240 e. The predicted molar refractivity (Wildman–Crippen MR) is 77.0 cm³/mol. The molecular weight excluding hydrogens is 242 g/mol. The van der Waals surface area contributed by atoms with E-state index in [1.807, 2.05) is 21.0 Å². The Bertz CT molecular complexity index is 276. The van der Waals surface area contributed by atoms with Gasteiger partial charge in [0.05, 0.1) is 11.6 Å². The minimum atomic E-state index is -0.641. The lowest BCUT2D eigenvalue weighted by Gasteiger charge is -2.25. The van der Waals surface area contributed by atoms with E-state index in [1.165, 1.54) is 0 Å². The molecule has 112 valence electrons. The van der Waals surface area contributed by atoms with Crippen LogP contribution in [0, 0.1) is 0 Å². The van der Waals surface area contributed by atoms with E-state index >= 15 is 0 Å². The molecule has 0 aliphatic heterocycles. The number of nitrogens with two attached hydrogens (primary N) is 1. The summed E-state index contributed by atoms with van der Waals surface area (Å²) in [6, 6.07) is 0. The van der Waals surface area contributed by atoms with Crippen LogP contribution in [0.15, 0.2) is 0 Å². The van der Waals surface area contributed by atoms with E-state index in [1.54, 1.807) is 0 Å². The summed E-state index contributed by atoms with van der Waals surface area (Å²) < 4.78 is 5.66. The highest BCUT2D eigenvalue weighted by molar-refractivity contribution is 5.86. The van der Waals surface area contributed by atoms with E-state index in [9.17, 15) is 4.79 Å². The number of amides is 1. The second-order valence-corrected chi connectivity index (χ2v) is 5.74. The molecule has 1 saturated carbocycles. The molecule has 0 heterocycles. The second kappa shape index (κ2) is 7.82. The molecule has 1 rings (SSSR count). The SMILES string of the molecule is CCOC(CCN(C)C)CNC(=O)C1(N)CCCC1. The first-order valence-electron chi connectivity index (χ1n) is 7.31. The van der Waals surface area contributed by atoms with Crippen molar-refractivity contribution in [3.05, 3.63) is 0 Å². The van der Waals surface area contributed by atoms with Crippen molar-refractivity contribution >= 4 is 5.91 Å². The minimum Gasteiger partial charge on any atom is -0.377 e. The van der Waals surface area contributed by atoms with Crippen LogP contribution in [0.3, 0.4) is 0 Å². The predicted octanol–water partition coefficient (Wildman–Crippen LogP) is 0.731. The maximum atomic E-state index is 12.1. The number of rotatable bonds is 8. The van der Waals surface area contributed by atoms with Crippen LogP contribution < -0.4 is 11.1 Å². The van der Waals surface area contributed by atoms with Gasteiger partial charge >= 0.3 is 0 Å². The summed E-state index contributed by atoms with van der Waals surface area (Å²) in [6.07, 6.45) is 4.70. The van der Waals surface area contributed by atoms with Gasteiger partial charge in [-0.3, -0.25) is 4.79 Å². The van der Waals surface area contributed by atoms with Crippen LogP contribution in [0.1, 0.15) is 39.0 Å². The van der Waals surface area contributed by atoms with Gasteiger partial charge in [0.25, 0.3) is 0 Å². The number of hydrogen-bond acceptors (Lipinski definition) is 4. The van der Waals surface area contributed by atoms with Crippen molar-refractivity contribution in [2.45, 2.75) is 50.7 Å². The van der Waals surface area contributed by atoms with E-state index in [0.29, 0.717) is 13.2 Å². The molecule has 0 aromatic heterocycles. The van der Waals surface area contributed by atoms with Crippen LogP contribution in [0.25, 0.3) is 0 Å². The Labute approximate surface area is 116 Å². The molecule has 19 heavy (non-hydrogen) atoms. The molecule has 1 unspecified atom stereocenters. The lowest BCUT2D eigenvalue weighted by atomic mass is 9.98. The third-order valence-electron chi connectivity index (χ3n) is 3.74. The fourth-order valence-corrected chi connectivity index (χ4v) is 2.50. The van der Waals surface area contributed by atoms with Crippen LogP contribution in [-0.4, -0.2) is 56.2 Å². The zero-order chi connectivity index (χ0) is 14.3. The second-order valence-electron chi connectivity index (χ2n) is 5.74. The molecule has 1 fully saturated rings. The van der Waals surface area contributed by atoms with Gasteiger partial charge in [-0.1, -0.05) is 12.8 Å². The van der Waals surface area contributed by atoms with Crippen LogP contribution in [-0.2, 0) is 9.53 Å². The maximum absolute atomic E-state index is 12.1. The van der Waals surface area contributed by atoms with Gasteiger partial charge in [-0.2, -0.15) is 0 Å². The van der Waals surface area contributed by atoms with Gasteiger partial charge in [0.2, 0.25) is 5.91 Å². The van der Waals surface area contributed by atoms with Crippen LogP contribution in [0.5, 0.6) is 0 Å². The minimum absolute atomic E-state index is 0.0143. The van der Waals surface area contributed by atoms with Crippen molar-refractivity contribution < 1.29 is 9.53 Å². The Hall–Kier alpha value is -0.650. The average Bonchev–Trinajstić information content (AvgIpc) is 2.80. The summed E-state index contributed by atoms with van der Waals surface area (Å²) in [5.74, 6) is -0.0143. The van der Waals surface area contributed by atoms with Gasteiger partial charge in [0.15, 0.2) is 0 Å². The van der Waals surface area contributed by atoms with Gasteiger partial charge in [0.1, 0.15) is 0 Å². The van der Waals surface area contributed by atoms with E-state index in [2.05, 4.69) is 10.2 Å². The molecule has 1 amide bonds. The summed E-state index contributed by atoms with van der Waals surface area (Å²) >= 11 is 0. The van der Waals surface area contributed by atoms with Crippen molar-refractivity contribution in [1.29, 1.82) is 0 Å². The van der Waals surface area contributed by atoms with Crippen molar-refractivity contribution in [2.75, 3.05) is 33.8 Å². The first-order chi connectivity index (χ1) is 8.98. The monoisotopic (exact) mass is 271 g/mol. The molecule has 0 saturated heterocycles. The first-order valence-corrected chi connectivity index (χ1v) is 7.31. The van der Waals surface area contributed by atoms with Crippen LogP contribution in [0.4, 0.5) is 0 Å². The quantitative estimate of drug-likeness (QED) is 0.683. The molecule has 0 bridgehead atoms. The van der Waals surface area contributed by atoms with Crippen molar-refractivity contribution in [2.24, 2.45) is 5.73 Å². The molecule has 0 radical (unpaired) electrons. The summed E-state index contributed by atoms with van der Waals surface area (Å²) in [7, 11) is 4.07. The van der Waals surface area contributed by atoms with E-state index in [0.717, 1.165) is 38.6 Å². The number of carbonyl (C=O) groups excluding carboxylic acids is 1. The first kappa shape index (κ1) is 16.4. The molecule has 3 N–H and O–H groups in total. The maximum Gasteiger partial charge on any atom is 0.240 e. The summed E-state index contributed by atoms with van der Waals surface area (Å²) in [4.78, 5) is 14.2. The molecule has 1 aliphatic rings. The van der Waals surface area contributed by atoms with Crippen LogP contribution >= 0.6 is 0 Å². The summed E-state index contributed by atoms with van der Waals surface area (Å²) in [5.41, 5.74) is 5.48. The number of hydrogen-bond donors (Lipinski definition) is 2. The Morgan fingerprint density at radius 2 is 2.05 bits per heavy atom. The molecule has 0 aromatic carbocycles. The Morgan fingerprint density at radius 3 is 2.58 bits per heavy atom. The Morgan fingerprint density at radius 1 is 1.42 bits per heavy atom. The van der Waals surface area contributed by atoms with Crippen LogP contribution in [0.2, 0.25) is 0 Å². The van der Waals surface area contributed by atoms with Gasteiger partial charge in [-0.05, 0) is 40.3 Å². The van der Waals surface area contributed by atoms with Gasteiger partial charge in [-0.15, -0.1) is 0 Å². The molecule has 0 spiro atoms. The average molecular weight is 271 g/mol. The number of carbonyl (C=O) groups is 1. The standard InChI is InChI=1S/C14H29N3O2/c1-4-19-12(7-10-17(2)3)11-16-13(18)14(15)8-5-6-9-14/h12H,4-11,15H2,1-3H3,(H,16,18). The Balaban J connectivity index is 2.35.